The highest BCUT2D eigenvalue weighted by Gasteiger charge is 2.18. The monoisotopic (exact) mass is 354 g/mol. The molecule has 2 N–H and O–H groups in total. The third-order valence-corrected chi connectivity index (χ3v) is 3.82. The van der Waals surface area contributed by atoms with Crippen molar-refractivity contribution in [3.05, 3.63) is 59.7 Å². The zero-order valence-electron chi connectivity index (χ0n) is 15.8. The molecule has 0 unspecified atom stereocenters. The van der Waals surface area contributed by atoms with E-state index in [2.05, 4.69) is 31.4 Å². The van der Waals surface area contributed by atoms with Crippen molar-refractivity contribution in [1.82, 2.24) is 5.32 Å². The van der Waals surface area contributed by atoms with Gasteiger partial charge in [0.05, 0.1) is 0 Å². The largest absolute Gasteiger partial charge is 0.483 e. The Kier molecular flexibility index (Phi) is 6.39. The van der Waals surface area contributed by atoms with E-state index in [1.807, 2.05) is 31.2 Å². The Morgan fingerprint density at radius 1 is 1.00 bits per heavy atom. The molecule has 2 aromatic rings. The average molecular weight is 354 g/mol. The van der Waals surface area contributed by atoms with Gasteiger partial charge < -0.3 is 15.4 Å². The van der Waals surface area contributed by atoms with Gasteiger partial charge in [0.1, 0.15) is 5.75 Å². The first-order chi connectivity index (χ1) is 12.3. The van der Waals surface area contributed by atoms with Crippen LogP contribution in [0.25, 0.3) is 0 Å². The molecule has 138 valence electrons. The SMILES string of the molecule is CCNC(=O)c1ccc(NC(=O)COc2ccccc2C(C)(C)C)cc1. The number of benzene rings is 2. The first-order valence-corrected chi connectivity index (χ1v) is 8.71. The summed E-state index contributed by atoms with van der Waals surface area (Å²) in [5.74, 6) is 0.328. The highest BCUT2D eigenvalue weighted by Crippen LogP contribution is 2.30. The number of hydrogen-bond donors (Lipinski definition) is 2. The van der Waals surface area contributed by atoms with Crippen LogP contribution in [0.3, 0.4) is 0 Å². The lowest BCUT2D eigenvalue weighted by molar-refractivity contribution is -0.118. The van der Waals surface area contributed by atoms with Crippen molar-refractivity contribution in [2.75, 3.05) is 18.5 Å². The Morgan fingerprint density at radius 2 is 1.65 bits per heavy atom. The summed E-state index contributed by atoms with van der Waals surface area (Å²) in [7, 11) is 0. The van der Waals surface area contributed by atoms with Crippen molar-refractivity contribution < 1.29 is 14.3 Å². The predicted molar refractivity (Wildman–Crippen MR) is 104 cm³/mol. The molecule has 5 heteroatoms. The highest BCUT2D eigenvalue weighted by atomic mass is 16.5. The van der Waals surface area contributed by atoms with Crippen molar-refractivity contribution in [1.29, 1.82) is 0 Å². The third-order valence-electron chi connectivity index (χ3n) is 3.82. The van der Waals surface area contributed by atoms with Crippen LogP contribution in [0.5, 0.6) is 5.75 Å². The van der Waals surface area contributed by atoms with Gasteiger partial charge in [-0.3, -0.25) is 9.59 Å². The Bertz CT molecular complexity index is 762. The summed E-state index contributed by atoms with van der Waals surface area (Å²) in [6.45, 7) is 8.67. The second-order valence-corrected chi connectivity index (χ2v) is 7.02. The van der Waals surface area contributed by atoms with Crippen LogP contribution in [0.4, 0.5) is 5.69 Å². The zero-order chi connectivity index (χ0) is 19.2. The first-order valence-electron chi connectivity index (χ1n) is 8.71. The third kappa shape index (κ3) is 5.34. The maximum absolute atomic E-state index is 12.2. The fourth-order valence-corrected chi connectivity index (χ4v) is 2.52. The molecule has 0 aliphatic rings. The molecular weight excluding hydrogens is 328 g/mol. The summed E-state index contributed by atoms with van der Waals surface area (Å²) >= 11 is 0. The molecule has 0 bridgehead atoms. The van der Waals surface area contributed by atoms with E-state index >= 15 is 0 Å². The number of amides is 2. The van der Waals surface area contributed by atoms with E-state index in [9.17, 15) is 9.59 Å². The summed E-state index contributed by atoms with van der Waals surface area (Å²) in [5.41, 5.74) is 2.16. The quantitative estimate of drug-likeness (QED) is 0.830. The minimum atomic E-state index is -0.250. The van der Waals surface area contributed by atoms with Crippen molar-refractivity contribution in [3.63, 3.8) is 0 Å². The molecule has 0 aromatic heterocycles. The predicted octanol–water partition coefficient (Wildman–Crippen LogP) is 3.75. The number of hydrogen-bond acceptors (Lipinski definition) is 3. The lowest BCUT2D eigenvalue weighted by atomic mass is 9.86. The van der Waals surface area contributed by atoms with E-state index < -0.39 is 0 Å². The lowest BCUT2D eigenvalue weighted by Crippen LogP contribution is -2.23. The summed E-state index contributed by atoms with van der Waals surface area (Å²) in [6, 6.07) is 14.5. The fourth-order valence-electron chi connectivity index (χ4n) is 2.52. The van der Waals surface area contributed by atoms with Crippen LogP contribution in [0.2, 0.25) is 0 Å². The van der Waals surface area contributed by atoms with Crippen molar-refractivity contribution in [2.24, 2.45) is 0 Å². The molecule has 0 spiro atoms. The van der Waals surface area contributed by atoms with E-state index in [-0.39, 0.29) is 23.8 Å². The number of ether oxygens (including phenoxy) is 1. The maximum atomic E-state index is 12.2. The highest BCUT2D eigenvalue weighted by molar-refractivity contribution is 5.96. The van der Waals surface area contributed by atoms with Crippen LogP contribution in [-0.2, 0) is 10.2 Å². The summed E-state index contributed by atoms with van der Waals surface area (Å²) in [6.07, 6.45) is 0. The number of nitrogens with one attached hydrogen (secondary N) is 2. The lowest BCUT2D eigenvalue weighted by Gasteiger charge is -2.22. The van der Waals surface area contributed by atoms with Gasteiger partial charge in [0.15, 0.2) is 6.61 Å². The Morgan fingerprint density at radius 3 is 2.27 bits per heavy atom. The molecule has 0 aliphatic heterocycles. The van der Waals surface area contributed by atoms with E-state index in [4.69, 9.17) is 4.74 Å². The fraction of sp³-hybridized carbons (Fsp3) is 0.333. The van der Waals surface area contributed by atoms with Crippen LogP contribution >= 0.6 is 0 Å². The van der Waals surface area contributed by atoms with Gasteiger partial charge in [0.2, 0.25) is 0 Å². The molecule has 0 fully saturated rings. The molecule has 0 saturated heterocycles. The maximum Gasteiger partial charge on any atom is 0.262 e. The molecular formula is C21H26N2O3. The van der Waals surface area contributed by atoms with Crippen molar-refractivity contribution in [2.45, 2.75) is 33.1 Å². The van der Waals surface area contributed by atoms with E-state index in [0.29, 0.717) is 23.5 Å². The Balaban J connectivity index is 1.95. The van der Waals surface area contributed by atoms with Crippen molar-refractivity contribution in [3.8, 4) is 5.75 Å². The smallest absolute Gasteiger partial charge is 0.262 e. The topological polar surface area (TPSA) is 67.4 Å². The molecule has 5 nitrogen and oxygen atoms in total. The normalized spacial score (nSPS) is 10.9. The average Bonchev–Trinajstić information content (AvgIpc) is 2.60. The number of rotatable bonds is 6. The van der Waals surface area contributed by atoms with Gasteiger partial charge in [-0.15, -0.1) is 0 Å². The van der Waals surface area contributed by atoms with Gasteiger partial charge >= 0.3 is 0 Å². The van der Waals surface area contributed by atoms with E-state index in [1.165, 1.54) is 0 Å². The molecule has 0 radical (unpaired) electrons. The Hall–Kier alpha value is -2.82. The number of anilines is 1. The van der Waals surface area contributed by atoms with Crippen molar-refractivity contribution >= 4 is 17.5 Å². The molecule has 26 heavy (non-hydrogen) atoms. The van der Waals surface area contributed by atoms with E-state index in [0.717, 1.165) is 5.56 Å². The Labute approximate surface area is 154 Å². The number of carbonyl (C=O) groups excluding carboxylic acids is 2. The second-order valence-electron chi connectivity index (χ2n) is 7.02. The van der Waals surface area contributed by atoms with E-state index in [1.54, 1.807) is 24.3 Å². The van der Waals surface area contributed by atoms with Gasteiger partial charge in [-0.25, -0.2) is 0 Å². The zero-order valence-corrected chi connectivity index (χ0v) is 15.8. The second kappa shape index (κ2) is 8.52. The molecule has 0 saturated carbocycles. The van der Waals surface area contributed by atoms with Gasteiger partial charge in [0, 0.05) is 17.8 Å². The molecule has 0 heterocycles. The summed E-state index contributed by atoms with van der Waals surface area (Å²) < 4.78 is 5.72. The van der Waals surface area contributed by atoms with Gasteiger partial charge in [-0.05, 0) is 48.2 Å². The molecule has 2 aromatic carbocycles. The summed E-state index contributed by atoms with van der Waals surface area (Å²) in [5, 5.41) is 5.50. The van der Waals surface area contributed by atoms with Gasteiger partial charge in [-0.1, -0.05) is 39.0 Å². The number of para-hydroxylation sites is 1. The van der Waals surface area contributed by atoms with Crippen LogP contribution < -0.4 is 15.4 Å². The standard InChI is InChI=1S/C21H26N2O3/c1-5-22-20(25)15-10-12-16(13-11-15)23-19(24)14-26-18-9-7-6-8-17(18)21(2,3)4/h6-13H,5,14H2,1-4H3,(H,22,25)(H,23,24). The van der Waals surface area contributed by atoms with Crippen LogP contribution in [0, 0.1) is 0 Å². The summed E-state index contributed by atoms with van der Waals surface area (Å²) in [4.78, 5) is 23.9. The van der Waals surface area contributed by atoms with Gasteiger partial charge in [-0.2, -0.15) is 0 Å². The number of carbonyl (C=O) groups is 2. The van der Waals surface area contributed by atoms with Crippen LogP contribution in [0.15, 0.2) is 48.5 Å². The molecule has 0 atom stereocenters. The first kappa shape index (κ1) is 19.5. The molecule has 0 aliphatic carbocycles. The van der Waals surface area contributed by atoms with Gasteiger partial charge in [0.25, 0.3) is 11.8 Å². The molecule has 2 rings (SSSR count). The van der Waals surface area contributed by atoms with Crippen LogP contribution in [-0.4, -0.2) is 25.0 Å². The minimum absolute atomic E-state index is 0.0675. The minimum Gasteiger partial charge on any atom is -0.483 e. The molecule has 2 amide bonds. The van der Waals surface area contributed by atoms with Crippen LogP contribution in [0.1, 0.15) is 43.6 Å².